The molecule has 27 heavy (non-hydrogen) atoms. The van der Waals surface area contributed by atoms with Gasteiger partial charge in [0.1, 0.15) is 15.5 Å². The molecule has 0 unspecified atom stereocenters. The highest BCUT2D eigenvalue weighted by Crippen LogP contribution is 2.29. The number of sulfonamides is 1. The number of hydrogen-bond donors (Lipinski definition) is 1. The third-order valence-corrected chi connectivity index (χ3v) is 7.48. The van der Waals surface area contributed by atoms with Gasteiger partial charge in [-0.1, -0.05) is 24.3 Å². The molecule has 0 bridgehead atoms. The molecule has 0 aliphatic carbocycles. The molecule has 1 amide bonds. The van der Waals surface area contributed by atoms with Gasteiger partial charge < -0.3 is 9.73 Å². The van der Waals surface area contributed by atoms with Crippen molar-refractivity contribution >= 4 is 27.3 Å². The minimum Gasteiger partial charge on any atom is -0.467 e. The largest absolute Gasteiger partial charge is 0.467 e. The second-order valence-corrected chi connectivity index (χ2v) is 9.06. The molecule has 4 rings (SSSR count). The van der Waals surface area contributed by atoms with Crippen LogP contribution < -0.4 is 5.32 Å². The number of rotatable bonds is 5. The van der Waals surface area contributed by atoms with Crippen LogP contribution in [0.15, 0.2) is 63.4 Å². The standard InChI is InChI=1S/C19H18N2O4S2/c22-19(20-12-16-6-3-10-25-16)18-17(8-11-26-18)27(23,24)21-9-7-14-4-1-2-5-15(14)13-21/h1-6,8,10-11H,7,9,12-13H2,(H,20,22). The number of carbonyl (C=O) groups is 1. The fourth-order valence-electron chi connectivity index (χ4n) is 3.14. The summed E-state index contributed by atoms with van der Waals surface area (Å²) in [6, 6.07) is 12.8. The van der Waals surface area contributed by atoms with Crippen LogP contribution in [-0.4, -0.2) is 25.2 Å². The molecule has 0 radical (unpaired) electrons. The van der Waals surface area contributed by atoms with E-state index in [1.165, 1.54) is 22.2 Å². The van der Waals surface area contributed by atoms with E-state index in [-0.39, 0.29) is 16.3 Å². The van der Waals surface area contributed by atoms with E-state index in [0.29, 0.717) is 25.3 Å². The fourth-order valence-corrected chi connectivity index (χ4v) is 5.88. The van der Waals surface area contributed by atoms with Gasteiger partial charge in [-0.15, -0.1) is 11.3 Å². The summed E-state index contributed by atoms with van der Waals surface area (Å²) in [6.07, 6.45) is 2.19. The highest BCUT2D eigenvalue weighted by molar-refractivity contribution is 7.89. The van der Waals surface area contributed by atoms with Crippen LogP contribution in [0.25, 0.3) is 0 Å². The Labute approximate surface area is 161 Å². The summed E-state index contributed by atoms with van der Waals surface area (Å²) in [6.45, 7) is 0.935. The zero-order valence-electron chi connectivity index (χ0n) is 14.4. The minimum atomic E-state index is -3.75. The zero-order chi connectivity index (χ0) is 18.9. The first-order valence-electron chi connectivity index (χ1n) is 8.51. The summed E-state index contributed by atoms with van der Waals surface area (Å²) in [7, 11) is -3.75. The second kappa shape index (κ2) is 7.30. The van der Waals surface area contributed by atoms with Crippen molar-refractivity contribution in [2.45, 2.75) is 24.4 Å². The van der Waals surface area contributed by atoms with Gasteiger partial charge in [0.2, 0.25) is 10.0 Å². The molecule has 8 heteroatoms. The minimum absolute atomic E-state index is 0.0591. The average molecular weight is 402 g/mol. The summed E-state index contributed by atoms with van der Waals surface area (Å²) in [4.78, 5) is 12.8. The van der Waals surface area contributed by atoms with Crippen LogP contribution in [0.5, 0.6) is 0 Å². The molecule has 1 aliphatic heterocycles. The van der Waals surface area contributed by atoms with E-state index in [4.69, 9.17) is 4.42 Å². The summed E-state index contributed by atoms with van der Waals surface area (Å²) in [5, 5.41) is 4.34. The van der Waals surface area contributed by atoms with Gasteiger partial charge in [0, 0.05) is 13.1 Å². The van der Waals surface area contributed by atoms with E-state index in [9.17, 15) is 13.2 Å². The third-order valence-electron chi connectivity index (χ3n) is 4.55. The van der Waals surface area contributed by atoms with Crippen LogP contribution in [-0.2, 0) is 29.5 Å². The normalized spacial score (nSPS) is 14.7. The highest BCUT2D eigenvalue weighted by Gasteiger charge is 2.32. The SMILES string of the molecule is O=C(NCc1ccco1)c1sccc1S(=O)(=O)N1CCc2ccccc2C1. The van der Waals surface area contributed by atoms with Crippen LogP contribution >= 0.6 is 11.3 Å². The Bertz CT molecular complexity index is 1060. The molecule has 0 spiro atoms. The Morgan fingerprint density at radius 1 is 1.15 bits per heavy atom. The van der Waals surface area contributed by atoms with Crippen molar-refractivity contribution in [1.29, 1.82) is 0 Å². The number of hydrogen-bond acceptors (Lipinski definition) is 5. The Morgan fingerprint density at radius 3 is 2.74 bits per heavy atom. The molecule has 0 atom stereocenters. The van der Waals surface area contributed by atoms with Gasteiger partial charge in [-0.25, -0.2) is 8.42 Å². The number of thiophene rings is 1. The lowest BCUT2D eigenvalue weighted by atomic mass is 10.0. The van der Waals surface area contributed by atoms with Crippen LogP contribution in [0.4, 0.5) is 0 Å². The number of carbonyl (C=O) groups excluding carboxylic acids is 1. The number of amides is 1. The van der Waals surface area contributed by atoms with Gasteiger partial charge in [-0.05, 0) is 41.1 Å². The van der Waals surface area contributed by atoms with E-state index in [1.54, 1.807) is 17.5 Å². The molecule has 1 aromatic carbocycles. The average Bonchev–Trinajstić information content (AvgIpc) is 3.37. The van der Waals surface area contributed by atoms with E-state index in [1.807, 2.05) is 24.3 Å². The van der Waals surface area contributed by atoms with Crippen molar-refractivity contribution in [3.8, 4) is 0 Å². The molecule has 6 nitrogen and oxygen atoms in total. The Morgan fingerprint density at radius 2 is 1.96 bits per heavy atom. The van der Waals surface area contributed by atoms with Crippen molar-refractivity contribution in [2.75, 3.05) is 6.54 Å². The van der Waals surface area contributed by atoms with Crippen molar-refractivity contribution < 1.29 is 17.6 Å². The predicted octanol–water partition coefficient (Wildman–Crippen LogP) is 3.02. The highest BCUT2D eigenvalue weighted by atomic mass is 32.2. The van der Waals surface area contributed by atoms with Crippen molar-refractivity contribution in [1.82, 2.24) is 9.62 Å². The molecule has 1 N–H and O–H groups in total. The maximum absolute atomic E-state index is 13.2. The number of nitrogens with one attached hydrogen (secondary N) is 1. The van der Waals surface area contributed by atoms with Crippen LogP contribution in [0.1, 0.15) is 26.6 Å². The van der Waals surface area contributed by atoms with Gasteiger partial charge in [-0.2, -0.15) is 4.31 Å². The summed E-state index contributed by atoms with van der Waals surface area (Å²) >= 11 is 1.12. The van der Waals surface area contributed by atoms with Gasteiger partial charge in [0.25, 0.3) is 5.91 Å². The molecule has 0 saturated heterocycles. The molecule has 0 fully saturated rings. The maximum atomic E-state index is 13.2. The topological polar surface area (TPSA) is 79.6 Å². The van der Waals surface area contributed by atoms with E-state index in [2.05, 4.69) is 5.32 Å². The van der Waals surface area contributed by atoms with E-state index < -0.39 is 15.9 Å². The first-order chi connectivity index (χ1) is 13.1. The lowest BCUT2D eigenvalue weighted by Gasteiger charge is -2.28. The van der Waals surface area contributed by atoms with E-state index >= 15 is 0 Å². The maximum Gasteiger partial charge on any atom is 0.263 e. The van der Waals surface area contributed by atoms with Crippen molar-refractivity contribution in [3.63, 3.8) is 0 Å². The predicted molar refractivity (Wildman–Crippen MR) is 102 cm³/mol. The van der Waals surface area contributed by atoms with Crippen molar-refractivity contribution in [2.24, 2.45) is 0 Å². The Kier molecular flexibility index (Phi) is 4.86. The lowest BCUT2D eigenvalue weighted by molar-refractivity contribution is 0.0949. The Hall–Kier alpha value is -2.42. The summed E-state index contributed by atoms with van der Waals surface area (Å²) in [5.41, 5.74) is 2.18. The molecule has 140 valence electrons. The first kappa shape index (κ1) is 18.0. The molecule has 2 aromatic heterocycles. The third kappa shape index (κ3) is 3.55. The summed E-state index contributed by atoms with van der Waals surface area (Å²) in [5.74, 6) is 0.189. The number of fused-ring (bicyclic) bond motifs is 1. The molecular weight excluding hydrogens is 384 g/mol. The summed E-state index contributed by atoms with van der Waals surface area (Å²) < 4.78 is 32.9. The van der Waals surface area contributed by atoms with Gasteiger partial charge in [0.15, 0.2) is 0 Å². The molecular formula is C19H18N2O4S2. The second-order valence-electron chi connectivity index (χ2n) is 6.23. The lowest BCUT2D eigenvalue weighted by Crippen LogP contribution is -2.36. The first-order valence-corrected chi connectivity index (χ1v) is 10.8. The van der Waals surface area contributed by atoms with Gasteiger partial charge >= 0.3 is 0 Å². The number of furan rings is 1. The monoisotopic (exact) mass is 402 g/mol. The van der Waals surface area contributed by atoms with Crippen LogP contribution in [0.3, 0.4) is 0 Å². The van der Waals surface area contributed by atoms with Crippen LogP contribution in [0, 0.1) is 0 Å². The number of benzene rings is 1. The molecule has 3 aromatic rings. The van der Waals surface area contributed by atoms with Crippen molar-refractivity contribution in [3.05, 3.63) is 75.9 Å². The van der Waals surface area contributed by atoms with Crippen LogP contribution in [0.2, 0.25) is 0 Å². The van der Waals surface area contributed by atoms with E-state index in [0.717, 1.165) is 16.9 Å². The quantitative estimate of drug-likeness (QED) is 0.711. The molecule has 1 aliphatic rings. The van der Waals surface area contributed by atoms with Gasteiger partial charge in [0.05, 0.1) is 12.8 Å². The molecule has 3 heterocycles. The zero-order valence-corrected chi connectivity index (χ0v) is 16.1. The number of nitrogens with zero attached hydrogens (tertiary/aromatic N) is 1. The smallest absolute Gasteiger partial charge is 0.263 e. The van der Waals surface area contributed by atoms with Gasteiger partial charge in [-0.3, -0.25) is 4.79 Å². The fraction of sp³-hybridized carbons (Fsp3) is 0.211. The Balaban J connectivity index is 1.55. The molecule has 0 saturated carbocycles.